The first-order valence-electron chi connectivity index (χ1n) is 6.08. The van der Waals surface area contributed by atoms with Crippen LogP contribution in [0.5, 0.6) is 0 Å². The van der Waals surface area contributed by atoms with Gasteiger partial charge in [-0.05, 0) is 25.0 Å². The summed E-state index contributed by atoms with van der Waals surface area (Å²) in [5, 5.41) is 7.89. The Balaban J connectivity index is 1.68. The lowest BCUT2D eigenvalue weighted by atomic mass is 10.2. The molecule has 0 aromatic carbocycles. The third-order valence-corrected chi connectivity index (χ3v) is 4.77. The van der Waals surface area contributed by atoms with Crippen molar-refractivity contribution in [2.75, 3.05) is 19.4 Å². The van der Waals surface area contributed by atoms with E-state index in [4.69, 9.17) is 9.26 Å². The SMILES string of the molecule is CO[C@@H]1CN[C@@H](c2nc(C3CCCS3)no2)C1. The van der Waals surface area contributed by atoms with Gasteiger partial charge in [-0.15, -0.1) is 0 Å². The van der Waals surface area contributed by atoms with Crippen molar-refractivity contribution in [1.82, 2.24) is 15.5 Å². The zero-order valence-electron chi connectivity index (χ0n) is 9.89. The van der Waals surface area contributed by atoms with Crippen molar-refractivity contribution < 1.29 is 9.26 Å². The Bertz CT molecular complexity index is 379. The normalized spacial score (nSPS) is 33.4. The molecule has 0 aliphatic carbocycles. The van der Waals surface area contributed by atoms with Crippen LogP contribution >= 0.6 is 11.8 Å². The Morgan fingerprint density at radius 1 is 1.53 bits per heavy atom. The highest BCUT2D eigenvalue weighted by Gasteiger charge is 2.31. The van der Waals surface area contributed by atoms with Gasteiger partial charge in [0.1, 0.15) is 0 Å². The molecule has 3 heterocycles. The molecular weight excluding hydrogens is 238 g/mol. The molecule has 0 amide bonds. The van der Waals surface area contributed by atoms with Crippen LogP contribution in [0.25, 0.3) is 0 Å². The van der Waals surface area contributed by atoms with E-state index in [2.05, 4.69) is 15.5 Å². The lowest BCUT2D eigenvalue weighted by Crippen LogP contribution is -2.16. The average molecular weight is 255 g/mol. The summed E-state index contributed by atoms with van der Waals surface area (Å²) in [4.78, 5) is 4.53. The van der Waals surface area contributed by atoms with E-state index in [-0.39, 0.29) is 12.1 Å². The van der Waals surface area contributed by atoms with Crippen LogP contribution in [0.3, 0.4) is 0 Å². The van der Waals surface area contributed by atoms with E-state index in [9.17, 15) is 0 Å². The van der Waals surface area contributed by atoms with Crippen molar-refractivity contribution >= 4 is 11.8 Å². The molecule has 1 unspecified atom stereocenters. The van der Waals surface area contributed by atoms with Crippen LogP contribution in [0, 0.1) is 0 Å². The summed E-state index contributed by atoms with van der Waals surface area (Å²) in [6.45, 7) is 0.858. The molecule has 5 nitrogen and oxygen atoms in total. The van der Waals surface area contributed by atoms with E-state index in [1.165, 1.54) is 18.6 Å². The minimum atomic E-state index is 0.160. The Morgan fingerprint density at radius 2 is 2.47 bits per heavy atom. The molecule has 1 N–H and O–H groups in total. The van der Waals surface area contributed by atoms with Crippen LogP contribution in [-0.2, 0) is 4.74 Å². The quantitative estimate of drug-likeness (QED) is 0.887. The number of rotatable bonds is 3. The lowest BCUT2D eigenvalue weighted by molar-refractivity contribution is 0.116. The first-order chi connectivity index (χ1) is 8.36. The fourth-order valence-electron chi connectivity index (χ4n) is 2.37. The third-order valence-electron chi connectivity index (χ3n) is 3.40. The summed E-state index contributed by atoms with van der Waals surface area (Å²) in [5.74, 6) is 2.79. The molecule has 3 rings (SSSR count). The number of methoxy groups -OCH3 is 1. The van der Waals surface area contributed by atoms with Gasteiger partial charge in [0.05, 0.1) is 17.4 Å². The third kappa shape index (κ3) is 2.34. The van der Waals surface area contributed by atoms with Gasteiger partial charge in [-0.3, -0.25) is 0 Å². The topological polar surface area (TPSA) is 60.2 Å². The lowest BCUT2D eigenvalue weighted by Gasteiger charge is -2.04. The predicted octanol–water partition coefficient (Wildman–Crippen LogP) is 1.69. The average Bonchev–Trinajstić information content (AvgIpc) is 3.09. The van der Waals surface area contributed by atoms with E-state index in [1.807, 2.05) is 11.8 Å². The summed E-state index contributed by atoms with van der Waals surface area (Å²) in [5.41, 5.74) is 0. The van der Waals surface area contributed by atoms with Crippen LogP contribution in [0.1, 0.15) is 42.3 Å². The van der Waals surface area contributed by atoms with Crippen molar-refractivity contribution in [3.63, 3.8) is 0 Å². The predicted molar refractivity (Wildman–Crippen MR) is 64.9 cm³/mol. The number of ether oxygens (including phenoxy) is 1. The van der Waals surface area contributed by atoms with E-state index < -0.39 is 0 Å². The first-order valence-corrected chi connectivity index (χ1v) is 7.13. The molecular formula is C11H17N3O2S. The monoisotopic (exact) mass is 255 g/mol. The van der Waals surface area contributed by atoms with Crippen LogP contribution in [0.4, 0.5) is 0 Å². The van der Waals surface area contributed by atoms with Gasteiger partial charge in [0.2, 0.25) is 5.89 Å². The highest BCUT2D eigenvalue weighted by molar-refractivity contribution is 7.99. The molecule has 1 aromatic heterocycles. The summed E-state index contributed by atoms with van der Waals surface area (Å²) in [6.07, 6.45) is 3.60. The standard InChI is InChI=1S/C11H17N3O2S/c1-15-7-5-8(12-6-7)11-13-10(14-16-11)9-3-2-4-17-9/h7-9,12H,2-6H2,1H3/t7-,8+,9?/m0/s1. The Morgan fingerprint density at radius 3 is 3.18 bits per heavy atom. The summed E-state index contributed by atoms with van der Waals surface area (Å²) in [7, 11) is 1.74. The molecule has 0 radical (unpaired) electrons. The molecule has 0 bridgehead atoms. The van der Waals surface area contributed by atoms with Crippen LogP contribution in [0.2, 0.25) is 0 Å². The first kappa shape index (κ1) is 11.5. The number of hydrogen-bond donors (Lipinski definition) is 1. The van der Waals surface area contributed by atoms with Gasteiger partial charge in [-0.25, -0.2) is 0 Å². The van der Waals surface area contributed by atoms with Gasteiger partial charge >= 0.3 is 0 Å². The fourth-order valence-corrected chi connectivity index (χ4v) is 3.57. The molecule has 0 spiro atoms. The van der Waals surface area contributed by atoms with Crippen molar-refractivity contribution in [2.45, 2.75) is 36.7 Å². The maximum Gasteiger partial charge on any atom is 0.243 e. The molecule has 0 saturated carbocycles. The number of nitrogens with one attached hydrogen (secondary N) is 1. The zero-order chi connectivity index (χ0) is 11.7. The second-order valence-corrected chi connectivity index (χ2v) is 5.86. The maximum atomic E-state index is 5.36. The number of nitrogens with zero attached hydrogens (tertiary/aromatic N) is 2. The molecule has 2 fully saturated rings. The van der Waals surface area contributed by atoms with Crippen LogP contribution in [0.15, 0.2) is 4.52 Å². The summed E-state index contributed by atoms with van der Waals surface area (Å²) in [6, 6.07) is 0.160. The molecule has 2 aliphatic rings. The number of aromatic nitrogens is 2. The summed E-state index contributed by atoms with van der Waals surface area (Å²) < 4.78 is 10.7. The summed E-state index contributed by atoms with van der Waals surface area (Å²) >= 11 is 1.93. The molecule has 6 heteroatoms. The Kier molecular flexibility index (Phi) is 3.35. The Labute approximate surface area is 105 Å². The second kappa shape index (κ2) is 4.96. The maximum absolute atomic E-state index is 5.36. The number of hydrogen-bond acceptors (Lipinski definition) is 6. The van der Waals surface area contributed by atoms with Gasteiger partial charge in [-0.2, -0.15) is 16.7 Å². The second-order valence-electron chi connectivity index (χ2n) is 4.55. The van der Waals surface area contributed by atoms with Crippen LogP contribution in [-0.4, -0.2) is 35.7 Å². The van der Waals surface area contributed by atoms with Crippen LogP contribution < -0.4 is 5.32 Å². The molecule has 17 heavy (non-hydrogen) atoms. The molecule has 2 saturated heterocycles. The number of thioether (sulfide) groups is 1. The zero-order valence-corrected chi connectivity index (χ0v) is 10.7. The van der Waals surface area contributed by atoms with Crippen molar-refractivity contribution in [2.24, 2.45) is 0 Å². The van der Waals surface area contributed by atoms with Gasteiger partial charge in [0.15, 0.2) is 5.82 Å². The highest BCUT2D eigenvalue weighted by Crippen LogP contribution is 2.38. The highest BCUT2D eigenvalue weighted by atomic mass is 32.2. The van der Waals surface area contributed by atoms with Crippen molar-refractivity contribution in [1.29, 1.82) is 0 Å². The minimum Gasteiger partial charge on any atom is -0.380 e. The van der Waals surface area contributed by atoms with E-state index in [0.29, 0.717) is 11.1 Å². The molecule has 94 valence electrons. The fraction of sp³-hybridized carbons (Fsp3) is 0.818. The van der Waals surface area contributed by atoms with Gasteiger partial charge in [-0.1, -0.05) is 5.16 Å². The largest absolute Gasteiger partial charge is 0.380 e. The van der Waals surface area contributed by atoms with Crippen molar-refractivity contribution in [3.05, 3.63) is 11.7 Å². The van der Waals surface area contributed by atoms with E-state index >= 15 is 0 Å². The molecule has 1 aromatic rings. The van der Waals surface area contributed by atoms with Gasteiger partial charge < -0.3 is 14.6 Å². The van der Waals surface area contributed by atoms with E-state index in [1.54, 1.807) is 7.11 Å². The Hall–Kier alpha value is -0.590. The molecule has 2 aliphatic heterocycles. The molecule has 3 atom stereocenters. The van der Waals surface area contributed by atoms with Crippen molar-refractivity contribution in [3.8, 4) is 0 Å². The smallest absolute Gasteiger partial charge is 0.243 e. The van der Waals surface area contributed by atoms with E-state index in [0.717, 1.165) is 18.8 Å². The van der Waals surface area contributed by atoms with Gasteiger partial charge in [0.25, 0.3) is 0 Å². The van der Waals surface area contributed by atoms with Gasteiger partial charge in [0, 0.05) is 13.7 Å². The minimum absolute atomic E-state index is 0.160.